The molecule has 1 aromatic carbocycles. The van der Waals surface area contributed by atoms with Gasteiger partial charge in [-0.05, 0) is 56.5 Å². The minimum Gasteiger partial charge on any atom is -0.481 e. The minimum absolute atomic E-state index is 0.0461. The highest BCUT2D eigenvalue weighted by molar-refractivity contribution is 6.58. The number of piperazine rings is 1. The van der Waals surface area contributed by atoms with Crippen molar-refractivity contribution >= 4 is 36.0 Å². The maximum absolute atomic E-state index is 13.9. The summed E-state index contributed by atoms with van der Waals surface area (Å²) in [5, 5.41) is 33.0. The van der Waals surface area contributed by atoms with Gasteiger partial charge in [-0.1, -0.05) is 45.0 Å². The average molecular weight is 590 g/mol. The van der Waals surface area contributed by atoms with Crippen molar-refractivity contribution < 1.29 is 29.5 Å². The molecular weight excluding hydrogens is 549 g/mol. The predicted molar refractivity (Wildman–Crippen MR) is 162 cm³/mol. The fourth-order valence-electron chi connectivity index (χ4n) is 6.30. The Hall–Kier alpha value is -3.77. The van der Waals surface area contributed by atoms with E-state index < -0.39 is 18.6 Å². The summed E-state index contributed by atoms with van der Waals surface area (Å²) in [6.07, 6.45) is 3.84. The van der Waals surface area contributed by atoms with Crippen molar-refractivity contribution in [2.75, 3.05) is 19.6 Å². The molecule has 5 rings (SSSR count). The lowest BCUT2D eigenvalue weighted by Gasteiger charge is -2.47. The first-order valence-electron chi connectivity index (χ1n) is 14.9. The van der Waals surface area contributed by atoms with Crippen LogP contribution in [0.15, 0.2) is 36.5 Å². The molecule has 1 saturated carbocycles. The van der Waals surface area contributed by atoms with E-state index in [2.05, 4.69) is 20.8 Å². The maximum atomic E-state index is 13.9. The Morgan fingerprint density at radius 3 is 2.16 bits per heavy atom. The normalized spacial score (nSPS) is 20.7. The van der Waals surface area contributed by atoms with Gasteiger partial charge in [0.1, 0.15) is 5.69 Å². The van der Waals surface area contributed by atoms with Gasteiger partial charge in [-0.3, -0.25) is 14.4 Å². The smallest absolute Gasteiger partial charge is 0.481 e. The Morgan fingerprint density at radius 1 is 0.977 bits per heavy atom. The SMILES string of the molecule is CC(C)(C)c1cc(-c2ccc(B(O)O)cc2)nn2cc(C(=O)N3CCN(C(=O)[C@H]4CC[C@@H](C(=O)O)CC4)CC3(C)C)nc12. The van der Waals surface area contributed by atoms with Crippen LogP contribution in [0.1, 0.15) is 76.4 Å². The number of fused-ring (bicyclic) bond motifs is 1. The van der Waals surface area contributed by atoms with E-state index >= 15 is 0 Å². The molecule has 0 atom stereocenters. The van der Waals surface area contributed by atoms with Gasteiger partial charge >= 0.3 is 13.1 Å². The first-order chi connectivity index (χ1) is 20.2. The molecule has 2 amide bonds. The Kier molecular flexibility index (Phi) is 8.12. The van der Waals surface area contributed by atoms with E-state index in [1.807, 2.05) is 24.8 Å². The molecule has 3 N–H and O–H groups in total. The second kappa shape index (κ2) is 11.4. The van der Waals surface area contributed by atoms with Crippen molar-refractivity contribution in [2.45, 2.75) is 71.3 Å². The molecule has 1 saturated heterocycles. The van der Waals surface area contributed by atoms with Gasteiger partial charge in [0.2, 0.25) is 5.91 Å². The molecule has 3 heterocycles. The van der Waals surface area contributed by atoms with Crippen LogP contribution in [0, 0.1) is 11.8 Å². The number of nitrogens with zero attached hydrogens (tertiary/aromatic N) is 5. The van der Waals surface area contributed by atoms with E-state index in [-0.39, 0.29) is 34.8 Å². The topological polar surface area (TPSA) is 149 Å². The first-order valence-corrected chi connectivity index (χ1v) is 14.9. The highest BCUT2D eigenvalue weighted by Crippen LogP contribution is 2.33. The third-order valence-corrected chi connectivity index (χ3v) is 8.84. The van der Waals surface area contributed by atoms with Gasteiger partial charge in [0.25, 0.3) is 5.91 Å². The molecule has 1 aliphatic carbocycles. The molecule has 228 valence electrons. The summed E-state index contributed by atoms with van der Waals surface area (Å²) < 4.78 is 1.64. The standard InChI is InChI=1S/C31H40BN5O6/c1-30(2,3)23-16-24(19-10-12-22(13-11-19)32(42)43)34-37-17-25(33-26(23)37)28(39)36-15-14-35(18-31(36,4)5)27(38)20-6-8-21(9-7-20)29(40)41/h10-13,16-17,20-21,42-43H,6-9,14-15,18H2,1-5H3,(H,40,41)/t20-,21+. The zero-order valence-electron chi connectivity index (χ0n) is 25.4. The van der Waals surface area contributed by atoms with Crippen LogP contribution < -0.4 is 5.46 Å². The molecule has 3 aromatic rings. The number of amides is 2. The molecule has 0 bridgehead atoms. The number of carboxylic acids is 1. The number of imidazole rings is 1. The van der Waals surface area contributed by atoms with Gasteiger partial charge in [0.15, 0.2) is 5.65 Å². The fourth-order valence-corrected chi connectivity index (χ4v) is 6.30. The van der Waals surface area contributed by atoms with Crippen molar-refractivity contribution in [1.82, 2.24) is 24.4 Å². The average Bonchev–Trinajstić information content (AvgIpc) is 3.39. The molecule has 2 aliphatic rings. The van der Waals surface area contributed by atoms with Crippen LogP contribution in [0.2, 0.25) is 0 Å². The summed E-state index contributed by atoms with van der Waals surface area (Å²) in [6.45, 7) is 11.3. The lowest BCUT2D eigenvalue weighted by atomic mass is 9.80. The van der Waals surface area contributed by atoms with Gasteiger partial charge in [-0.15, -0.1) is 0 Å². The molecule has 2 fully saturated rings. The van der Waals surface area contributed by atoms with Crippen LogP contribution in [0.25, 0.3) is 16.9 Å². The molecular formula is C31H40BN5O6. The van der Waals surface area contributed by atoms with Gasteiger partial charge in [0, 0.05) is 36.7 Å². The molecule has 2 aromatic heterocycles. The second-order valence-electron chi connectivity index (χ2n) is 13.5. The van der Waals surface area contributed by atoms with E-state index in [4.69, 9.17) is 10.1 Å². The third-order valence-electron chi connectivity index (χ3n) is 8.84. The summed E-state index contributed by atoms with van der Waals surface area (Å²) in [6, 6.07) is 8.79. The van der Waals surface area contributed by atoms with Crippen molar-refractivity contribution in [2.24, 2.45) is 11.8 Å². The number of hydrogen-bond donors (Lipinski definition) is 3. The van der Waals surface area contributed by atoms with Crippen LogP contribution in [0.5, 0.6) is 0 Å². The Morgan fingerprint density at radius 2 is 1.60 bits per heavy atom. The van der Waals surface area contributed by atoms with Crippen LogP contribution >= 0.6 is 0 Å². The zero-order valence-corrected chi connectivity index (χ0v) is 25.4. The number of hydrogen-bond acceptors (Lipinski definition) is 7. The molecule has 1 aliphatic heterocycles. The van der Waals surface area contributed by atoms with Crippen molar-refractivity contribution in [3.8, 4) is 11.3 Å². The quantitative estimate of drug-likeness (QED) is 0.384. The van der Waals surface area contributed by atoms with Gasteiger partial charge in [-0.2, -0.15) is 5.10 Å². The van der Waals surface area contributed by atoms with Gasteiger partial charge in [0.05, 0.1) is 23.3 Å². The number of carbonyl (C=O) groups is 3. The van der Waals surface area contributed by atoms with Crippen molar-refractivity contribution in [3.63, 3.8) is 0 Å². The molecule has 0 radical (unpaired) electrons. The summed E-state index contributed by atoms with van der Waals surface area (Å²) >= 11 is 0. The summed E-state index contributed by atoms with van der Waals surface area (Å²) in [5.74, 6) is -1.51. The van der Waals surface area contributed by atoms with Gasteiger partial charge in [-0.25, -0.2) is 9.50 Å². The molecule has 0 unspecified atom stereocenters. The van der Waals surface area contributed by atoms with Crippen molar-refractivity contribution in [3.05, 3.63) is 47.8 Å². The summed E-state index contributed by atoms with van der Waals surface area (Å²) in [5.41, 5.74) is 2.67. The fraction of sp³-hybridized carbons (Fsp3) is 0.516. The van der Waals surface area contributed by atoms with Crippen LogP contribution in [-0.2, 0) is 15.0 Å². The van der Waals surface area contributed by atoms with E-state index in [1.165, 1.54) is 0 Å². The number of rotatable bonds is 5. The summed E-state index contributed by atoms with van der Waals surface area (Å²) in [7, 11) is -1.56. The third kappa shape index (κ3) is 6.17. The monoisotopic (exact) mass is 589 g/mol. The number of aliphatic carboxylic acids is 1. The van der Waals surface area contributed by atoms with E-state index in [0.29, 0.717) is 62.1 Å². The number of carboxylic acid groups (broad SMARTS) is 1. The largest absolute Gasteiger partial charge is 0.488 e. The molecule has 11 nitrogen and oxygen atoms in total. The maximum Gasteiger partial charge on any atom is 0.488 e. The Balaban J connectivity index is 1.37. The van der Waals surface area contributed by atoms with Crippen LogP contribution in [0.4, 0.5) is 0 Å². The molecule has 12 heteroatoms. The lowest BCUT2D eigenvalue weighted by Crippen LogP contribution is -2.62. The Labute approximate surface area is 251 Å². The molecule has 43 heavy (non-hydrogen) atoms. The number of carbonyl (C=O) groups excluding carboxylic acids is 2. The van der Waals surface area contributed by atoms with Crippen LogP contribution in [0.3, 0.4) is 0 Å². The van der Waals surface area contributed by atoms with Crippen LogP contribution in [-0.4, -0.2) is 89.6 Å². The number of benzene rings is 1. The minimum atomic E-state index is -1.56. The molecule has 0 spiro atoms. The Bertz CT molecular complexity index is 1540. The summed E-state index contributed by atoms with van der Waals surface area (Å²) in [4.78, 5) is 46.9. The predicted octanol–water partition coefficient (Wildman–Crippen LogP) is 2.33. The van der Waals surface area contributed by atoms with Gasteiger partial charge < -0.3 is 25.0 Å². The zero-order chi connectivity index (χ0) is 31.3. The van der Waals surface area contributed by atoms with E-state index in [0.717, 1.165) is 11.1 Å². The second-order valence-corrected chi connectivity index (χ2v) is 13.5. The highest BCUT2D eigenvalue weighted by atomic mass is 16.4. The van der Waals surface area contributed by atoms with E-state index in [9.17, 15) is 29.5 Å². The number of aromatic nitrogens is 3. The van der Waals surface area contributed by atoms with E-state index in [1.54, 1.807) is 39.9 Å². The highest BCUT2D eigenvalue weighted by Gasteiger charge is 2.41. The van der Waals surface area contributed by atoms with Crippen molar-refractivity contribution in [1.29, 1.82) is 0 Å². The first kappa shape index (κ1) is 30.7. The lowest BCUT2D eigenvalue weighted by molar-refractivity contribution is -0.147.